The fourth-order valence-corrected chi connectivity index (χ4v) is 1.28. The number of unbranched alkanes of at least 4 members (excludes halogenated alkanes) is 1. The summed E-state index contributed by atoms with van der Waals surface area (Å²) in [6, 6.07) is 0. The second-order valence-corrected chi connectivity index (χ2v) is 3.82. The van der Waals surface area contributed by atoms with Crippen molar-refractivity contribution in [2.45, 2.75) is 40.0 Å². The van der Waals surface area contributed by atoms with Gasteiger partial charge in [-0.05, 0) is 19.3 Å². The van der Waals surface area contributed by atoms with E-state index >= 15 is 0 Å². The van der Waals surface area contributed by atoms with Gasteiger partial charge in [-0.2, -0.15) is 0 Å². The van der Waals surface area contributed by atoms with Crippen LogP contribution in [0.2, 0.25) is 0 Å². The van der Waals surface area contributed by atoms with Crippen LogP contribution in [0.1, 0.15) is 40.0 Å². The zero-order valence-corrected chi connectivity index (χ0v) is 17.1. The summed E-state index contributed by atoms with van der Waals surface area (Å²) in [5, 5.41) is 21.5. The summed E-state index contributed by atoms with van der Waals surface area (Å²) < 4.78 is 0. The molecule has 0 aliphatic heterocycles. The average molecular weight is 278 g/mol. The van der Waals surface area contributed by atoms with E-state index in [4.69, 9.17) is 0 Å². The molecule has 0 radical (unpaired) electrons. The molecule has 0 aromatic carbocycles. The third-order valence-electron chi connectivity index (χ3n) is 2.82. The average Bonchev–Trinajstić information content (AvgIpc) is 2.11. The number of rotatable bonds is 6. The van der Waals surface area contributed by atoms with Gasteiger partial charge in [-0.3, -0.25) is 0 Å². The van der Waals surface area contributed by atoms with Crippen LogP contribution < -0.4 is 113 Å². The molecule has 0 aliphatic rings. The van der Waals surface area contributed by atoms with E-state index in [1.54, 1.807) is 6.92 Å². The van der Waals surface area contributed by atoms with Crippen molar-refractivity contribution < 1.29 is 123 Å². The Morgan fingerprint density at radius 3 is 1.81 bits per heavy atom. The van der Waals surface area contributed by atoms with E-state index in [0.29, 0.717) is 6.42 Å². The molecule has 0 N–H and O–H groups in total. The van der Waals surface area contributed by atoms with Crippen molar-refractivity contribution in [2.75, 3.05) is 0 Å². The molecule has 0 heterocycles. The number of carboxylic acids is 2. The normalized spacial score (nSPS) is 11.9. The number of carbonyl (C=O) groups excluding carboxylic acids is 2. The summed E-state index contributed by atoms with van der Waals surface area (Å²) in [4.78, 5) is 21.5. The molecule has 4 nitrogen and oxygen atoms in total. The Morgan fingerprint density at radius 2 is 1.56 bits per heavy atom. The summed E-state index contributed by atoms with van der Waals surface area (Å²) in [5.74, 6) is -3.61. The fraction of sp³-hybridized carbons (Fsp3) is 0.800. The molecule has 0 rings (SSSR count). The van der Waals surface area contributed by atoms with Gasteiger partial charge in [0.25, 0.3) is 0 Å². The standard InChI is InChI=1S/C10H18O4.2K/c1-4-5-6-7(2)10(3,8(11)12)9(13)14;;/h7H,4-6H2,1-3H3,(H,11,12)(H,13,14);;/q;2*+1/p-2. The number of hydrogen-bond donors (Lipinski definition) is 0. The van der Waals surface area contributed by atoms with Gasteiger partial charge in [0.1, 0.15) is 0 Å². The predicted octanol–water partition coefficient (Wildman–Crippen LogP) is -6.67. The van der Waals surface area contributed by atoms with Crippen molar-refractivity contribution in [2.24, 2.45) is 11.3 Å². The largest absolute Gasteiger partial charge is 1.00 e. The van der Waals surface area contributed by atoms with E-state index in [9.17, 15) is 19.8 Å². The summed E-state index contributed by atoms with van der Waals surface area (Å²) >= 11 is 0. The molecule has 0 fully saturated rings. The molecule has 0 aromatic heterocycles. The van der Waals surface area contributed by atoms with Gasteiger partial charge >= 0.3 is 103 Å². The first kappa shape index (κ1) is 23.3. The van der Waals surface area contributed by atoms with Crippen LogP contribution in [0, 0.1) is 11.3 Å². The minimum atomic E-state index is -1.88. The molecule has 0 amide bonds. The first-order valence-corrected chi connectivity index (χ1v) is 4.80. The van der Waals surface area contributed by atoms with Crippen LogP contribution in [-0.2, 0) is 9.59 Å². The zero-order valence-electron chi connectivity index (χ0n) is 10.8. The summed E-state index contributed by atoms with van der Waals surface area (Å²) in [5.41, 5.74) is -1.88. The van der Waals surface area contributed by atoms with Crippen molar-refractivity contribution in [3.63, 3.8) is 0 Å². The molecule has 0 spiro atoms. The molecule has 82 valence electrons. The maximum absolute atomic E-state index is 10.7. The zero-order chi connectivity index (χ0) is 11.4. The molecule has 6 heteroatoms. The molecule has 0 aliphatic carbocycles. The second-order valence-electron chi connectivity index (χ2n) is 3.82. The third-order valence-corrected chi connectivity index (χ3v) is 2.82. The molecule has 0 bridgehead atoms. The summed E-state index contributed by atoms with van der Waals surface area (Å²) in [6.07, 6.45) is 2.26. The molecule has 16 heavy (non-hydrogen) atoms. The summed E-state index contributed by atoms with van der Waals surface area (Å²) in [7, 11) is 0. The SMILES string of the molecule is CCCCC(C)C(C)(C(=O)[O-])C(=O)[O-].[K+].[K+]. The number of carboxylic acid groups (broad SMARTS) is 2. The smallest absolute Gasteiger partial charge is 0.549 e. The van der Waals surface area contributed by atoms with Crippen molar-refractivity contribution >= 4 is 11.9 Å². The van der Waals surface area contributed by atoms with Crippen LogP contribution in [0.5, 0.6) is 0 Å². The maximum atomic E-state index is 10.7. The molecule has 0 aromatic rings. The Hall–Kier alpha value is 2.21. The Kier molecular flexibility index (Phi) is 16.1. The van der Waals surface area contributed by atoms with Crippen molar-refractivity contribution in [1.29, 1.82) is 0 Å². The van der Waals surface area contributed by atoms with Gasteiger partial charge in [-0.25, -0.2) is 0 Å². The quantitative estimate of drug-likeness (QED) is 0.357. The van der Waals surface area contributed by atoms with E-state index in [1.165, 1.54) is 0 Å². The van der Waals surface area contributed by atoms with Crippen LogP contribution in [0.15, 0.2) is 0 Å². The van der Waals surface area contributed by atoms with Gasteiger partial charge in [0, 0.05) is 5.41 Å². The van der Waals surface area contributed by atoms with E-state index in [0.717, 1.165) is 19.8 Å². The first-order chi connectivity index (χ1) is 6.37. The van der Waals surface area contributed by atoms with Crippen molar-refractivity contribution in [3.05, 3.63) is 0 Å². The monoisotopic (exact) mass is 278 g/mol. The molecule has 1 atom stereocenters. The van der Waals surface area contributed by atoms with Crippen molar-refractivity contribution in [3.8, 4) is 0 Å². The van der Waals surface area contributed by atoms with E-state index in [2.05, 4.69) is 0 Å². The van der Waals surface area contributed by atoms with Crippen molar-refractivity contribution in [1.82, 2.24) is 0 Å². The molecule has 0 saturated carbocycles. The minimum Gasteiger partial charge on any atom is -0.549 e. The van der Waals surface area contributed by atoms with Crippen LogP contribution in [-0.4, -0.2) is 11.9 Å². The maximum Gasteiger partial charge on any atom is 1.00 e. The van der Waals surface area contributed by atoms with Crippen LogP contribution in [0.4, 0.5) is 0 Å². The molecular weight excluding hydrogens is 262 g/mol. The van der Waals surface area contributed by atoms with Gasteiger partial charge in [0.15, 0.2) is 0 Å². The van der Waals surface area contributed by atoms with Crippen LogP contribution in [0.3, 0.4) is 0 Å². The number of aliphatic carboxylic acids is 2. The minimum absolute atomic E-state index is 0. The van der Waals surface area contributed by atoms with Gasteiger partial charge in [0.05, 0.1) is 11.9 Å². The Bertz CT molecular complexity index is 217. The number of carbonyl (C=O) groups is 2. The molecular formula is C10H16K2O4. The van der Waals surface area contributed by atoms with Gasteiger partial charge < -0.3 is 19.8 Å². The first-order valence-electron chi connectivity index (χ1n) is 4.80. The van der Waals surface area contributed by atoms with E-state index in [1.807, 2.05) is 6.92 Å². The van der Waals surface area contributed by atoms with Crippen LogP contribution in [0.25, 0.3) is 0 Å². The topological polar surface area (TPSA) is 80.3 Å². The number of hydrogen-bond acceptors (Lipinski definition) is 4. The van der Waals surface area contributed by atoms with E-state index in [-0.39, 0.29) is 103 Å². The van der Waals surface area contributed by atoms with Gasteiger partial charge in [0.2, 0.25) is 0 Å². The van der Waals surface area contributed by atoms with Gasteiger partial charge in [-0.15, -0.1) is 0 Å². The fourth-order valence-electron chi connectivity index (χ4n) is 1.28. The Morgan fingerprint density at radius 1 is 1.19 bits per heavy atom. The van der Waals surface area contributed by atoms with E-state index < -0.39 is 23.3 Å². The Labute approximate surface area is 182 Å². The van der Waals surface area contributed by atoms with Gasteiger partial charge in [-0.1, -0.05) is 26.7 Å². The molecule has 1 unspecified atom stereocenters. The summed E-state index contributed by atoms with van der Waals surface area (Å²) in [6.45, 7) is 4.71. The van der Waals surface area contributed by atoms with Crippen LogP contribution >= 0.6 is 0 Å². The Balaban J connectivity index is -0.000000845. The molecule has 0 saturated heterocycles. The third kappa shape index (κ3) is 6.40. The second kappa shape index (κ2) is 11.1. The predicted molar refractivity (Wildman–Crippen MR) is 46.8 cm³/mol.